The lowest BCUT2D eigenvalue weighted by Gasteiger charge is -2.33. The molecule has 2 aliphatic rings. The highest BCUT2D eigenvalue weighted by atomic mass is 16.5. The summed E-state index contributed by atoms with van der Waals surface area (Å²) < 4.78 is 5.49. The zero-order valence-electron chi connectivity index (χ0n) is 23.9. The lowest BCUT2D eigenvalue weighted by Crippen LogP contribution is -2.45. The monoisotopic (exact) mass is 564 g/mol. The molecular formula is C32H36N8O2. The minimum Gasteiger partial charge on any atom is -0.378 e. The molecule has 216 valence electrons. The zero-order chi connectivity index (χ0) is 28.7. The van der Waals surface area contributed by atoms with Gasteiger partial charge in [-0.3, -0.25) is 14.7 Å². The number of nitrogens with one attached hydrogen (secondary N) is 3. The first-order valence-electron chi connectivity index (χ1n) is 14.5. The van der Waals surface area contributed by atoms with E-state index in [9.17, 15) is 4.79 Å². The van der Waals surface area contributed by atoms with Crippen LogP contribution in [0.4, 0.5) is 11.5 Å². The third-order valence-electron chi connectivity index (χ3n) is 7.79. The molecule has 3 N–H and O–H groups in total. The Morgan fingerprint density at radius 3 is 2.79 bits per heavy atom. The van der Waals surface area contributed by atoms with Gasteiger partial charge in [0.05, 0.1) is 25.1 Å². The van der Waals surface area contributed by atoms with E-state index in [0.717, 1.165) is 85.8 Å². The Kier molecular flexibility index (Phi) is 8.70. The highest BCUT2D eigenvalue weighted by Crippen LogP contribution is 2.29. The number of rotatable bonds is 8. The van der Waals surface area contributed by atoms with E-state index in [1.165, 1.54) is 0 Å². The summed E-state index contributed by atoms with van der Waals surface area (Å²) in [6.07, 6.45) is 5.62. The molecule has 3 aromatic heterocycles. The van der Waals surface area contributed by atoms with E-state index in [1.807, 2.05) is 43.3 Å². The third kappa shape index (κ3) is 6.60. The van der Waals surface area contributed by atoms with Crippen molar-refractivity contribution in [1.29, 1.82) is 0 Å². The number of ether oxygens (including phenoxy) is 1. The quantitative estimate of drug-likeness (QED) is 0.278. The van der Waals surface area contributed by atoms with Gasteiger partial charge in [0.2, 0.25) is 0 Å². The largest absolute Gasteiger partial charge is 0.378 e. The molecule has 42 heavy (non-hydrogen) atoms. The lowest BCUT2D eigenvalue weighted by atomic mass is 10.0. The van der Waals surface area contributed by atoms with Gasteiger partial charge in [0, 0.05) is 49.8 Å². The SMILES string of the molecule is CC#CCNC1CCCN(Cc2ccnc(C(=O)Nc3ccc(-c4cc5c(N6CCOCC6)ncnc5[nH]4)cc3)c2)C1. The molecule has 2 aliphatic heterocycles. The number of amides is 1. The Morgan fingerprint density at radius 2 is 1.95 bits per heavy atom. The van der Waals surface area contributed by atoms with E-state index >= 15 is 0 Å². The molecule has 2 fully saturated rings. The number of carbonyl (C=O) groups excluding carboxylic acids is 1. The minimum absolute atomic E-state index is 0.225. The number of nitrogens with zero attached hydrogens (tertiary/aromatic N) is 5. The molecule has 6 rings (SSSR count). The number of pyridine rings is 1. The van der Waals surface area contributed by atoms with Gasteiger partial charge in [0.15, 0.2) is 0 Å². The third-order valence-corrected chi connectivity index (χ3v) is 7.79. The molecular weight excluding hydrogens is 528 g/mol. The fourth-order valence-electron chi connectivity index (χ4n) is 5.64. The molecule has 0 aliphatic carbocycles. The number of aromatic amines is 1. The van der Waals surface area contributed by atoms with Gasteiger partial charge in [0.25, 0.3) is 5.91 Å². The number of fused-ring (bicyclic) bond motifs is 1. The van der Waals surface area contributed by atoms with Crippen LogP contribution in [0, 0.1) is 11.8 Å². The molecule has 1 unspecified atom stereocenters. The Morgan fingerprint density at radius 1 is 1.10 bits per heavy atom. The lowest BCUT2D eigenvalue weighted by molar-refractivity contribution is 0.102. The van der Waals surface area contributed by atoms with Crippen LogP contribution in [-0.4, -0.2) is 82.7 Å². The normalized spacial score (nSPS) is 17.5. The summed E-state index contributed by atoms with van der Waals surface area (Å²) in [6, 6.07) is 14.2. The van der Waals surface area contributed by atoms with Crippen molar-refractivity contribution >= 4 is 28.4 Å². The summed E-state index contributed by atoms with van der Waals surface area (Å²) in [5.74, 6) is 6.72. The first kappa shape index (κ1) is 27.8. The van der Waals surface area contributed by atoms with Crippen molar-refractivity contribution in [3.63, 3.8) is 0 Å². The molecule has 1 aromatic carbocycles. The standard InChI is InChI=1S/C32H36N8O2/c1-2-3-11-33-26-5-4-13-39(21-26)20-23-10-12-34-29(18-23)32(41)37-25-8-6-24(7-9-25)28-19-27-30(38-28)35-22-36-31(27)40-14-16-42-17-15-40/h6-10,12,18-19,22,26,33H,4-5,11,13-17,20-21H2,1H3,(H,37,41)(H,35,36,38). The topological polar surface area (TPSA) is 111 Å². The molecule has 0 bridgehead atoms. The van der Waals surface area contributed by atoms with Gasteiger partial charge in [-0.15, -0.1) is 5.92 Å². The van der Waals surface area contributed by atoms with Crippen LogP contribution in [0.1, 0.15) is 35.8 Å². The Balaban J connectivity index is 1.09. The van der Waals surface area contributed by atoms with Gasteiger partial charge < -0.3 is 25.3 Å². The maximum atomic E-state index is 13.1. The highest BCUT2D eigenvalue weighted by molar-refractivity contribution is 6.03. The number of hydrogen-bond acceptors (Lipinski definition) is 8. The van der Waals surface area contributed by atoms with Crippen LogP contribution < -0.4 is 15.5 Å². The maximum absolute atomic E-state index is 13.1. The molecule has 0 saturated carbocycles. The van der Waals surface area contributed by atoms with Crippen LogP contribution in [0.25, 0.3) is 22.3 Å². The average Bonchev–Trinajstić information content (AvgIpc) is 3.47. The van der Waals surface area contributed by atoms with Gasteiger partial charge in [-0.05, 0) is 67.8 Å². The number of carbonyl (C=O) groups is 1. The second kappa shape index (κ2) is 13.1. The number of likely N-dealkylation sites (tertiary alicyclic amines) is 1. The number of piperidine rings is 1. The van der Waals surface area contributed by atoms with Crippen LogP contribution in [0.5, 0.6) is 0 Å². The van der Waals surface area contributed by atoms with Crippen molar-refractivity contribution in [3.8, 4) is 23.1 Å². The number of hydrogen-bond donors (Lipinski definition) is 3. The molecule has 4 aromatic rings. The summed E-state index contributed by atoms with van der Waals surface area (Å²) in [7, 11) is 0. The van der Waals surface area contributed by atoms with Gasteiger partial charge >= 0.3 is 0 Å². The second-order valence-corrected chi connectivity index (χ2v) is 10.7. The molecule has 0 spiro atoms. The van der Waals surface area contributed by atoms with Gasteiger partial charge in [-0.25, -0.2) is 9.97 Å². The molecule has 10 heteroatoms. The number of aromatic nitrogens is 4. The second-order valence-electron chi connectivity index (χ2n) is 10.7. The summed E-state index contributed by atoms with van der Waals surface area (Å²) in [6.45, 7) is 8.41. The van der Waals surface area contributed by atoms with E-state index in [2.05, 4.69) is 58.3 Å². The number of H-pyrrole nitrogens is 1. The first-order valence-corrected chi connectivity index (χ1v) is 14.5. The van der Waals surface area contributed by atoms with Crippen LogP contribution in [0.2, 0.25) is 0 Å². The average molecular weight is 565 g/mol. The predicted octanol–water partition coefficient (Wildman–Crippen LogP) is 3.69. The van der Waals surface area contributed by atoms with E-state index in [4.69, 9.17) is 4.74 Å². The van der Waals surface area contributed by atoms with Gasteiger partial charge in [-0.1, -0.05) is 18.1 Å². The van der Waals surface area contributed by atoms with Crippen molar-refractivity contribution in [1.82, 2.24) is 30.2 Å². The molecule has 10 nitrogen and oxygen atoms in total. The van der Waals surface area contributed by atoms with Gasteiger partial charge in [0.1, 0.15) is 23.5 Å². The van der Waals surface area contributed by atoms with E-state index in [1.54, 1.807) is 12.5 Å². The summed E-state index contributed by atoms with van der Waals surface area (Å²) >= 11 is 0. The van der Waals surface area contributed by atoms with Crippen molar-refractivity contribution in [2.75, 3.05) is 56.2 Å². The summed E-state index contributed by atoms with van der Waals surface area (Å²) in [5, 5.41) is 7.51. The minimum atomic E-state index is -0.225. The van der Waals surface area contributed by atoms with Crippen molar-refractivity contribution in [2.45, 2.75) is 32.4 Å². The first-order chi connectivity index (χ1) is 20.7. The Hall–Kier alpha value is -4.30. The van der Waals surface area contributed by atoms with Crippen LogP contribution in [0.15, 0.2) is 55.0 Å². The fraction of sp³-hybridized carbons (Fsp3) is 0.375. The summed E-state index contributed by atoms with van der Waals surface area (Å²) in [4.78, 5) is 34.5. The van der Waals surface area contributed by atoms with Crippen molar-refractivity contribution in [3.05, 3.63) is 66.2 Å². The van der Waals surface area contributed by atoms with Crippen molar-refractivity contribution < 1.29 is 9.53 Å². The smallest absolute Gasteiger partial charge is 0.274 e. The van der Waals surface area contributed by atoms with E-state index in [0.29, 0.717) is 30.6 Å². The van der Waals surface area contributed by atoms with Gasteiger partial charge in [-0.2, -0.15) is 0 Å². The van der Waals surface area contributed by atoms with Crippen LogP contribution in [0.3, 0.4) is 0 Å². The summed E-state index contributed by atoms with van der Waals surface area (Å²) in [5.41, 5.74) is 4.94. The number of benzene rings is 1. The zero-order valence-corrected chi connectivity index (χ0v) is 23.9. The number of anilines is 2. The molecule has 1 atom stereocenters. The predicted molar refractivity (Wildman–Crippen MR) is 164 cm³/mol. The maximum Gasteiger partial charge on any atom is 0.274 e. The van der Waals surface area contributed by atoms with E-state index < -0.39 is 0 Å². The van der Waals surface area contributed by atoms with Crippen LogP contribution >= 0.6 is 0 Å². The molecule has 1 amide bonds. The van der Waals surface area contributed by atoms with Crippen LogP contribution in [-0.2, 0) is 11.3 Å². The molecule has 5 heterocycles. The highest BCUT2D eigenvalue weighted by Gasteiger charge is 2.20. The Labute approximate surface area is 245 Å². The Bertz CT molecular complexity index is 1580. The molecule has 2 saturated heterocycles. The molecule has 0 radical (unpaired) electrons. The van der Waals surface area contributed by atoms with E-state index in [-0.39, 0.29) is 5.91 Å². The number of morpholine rings is 1. The van der Waals surface area contributed by atoms with Crippen molar-refractivity contribution in [2.24, 2.45) is 0 Å². The fourth-order valence-corrected chi connectivity index (χ4v) is 5.64.